The first-order valence-electron chi connectivity index (χ1n) is 5.63. The number of carboxylic acids is 5. The molecule has 0 spiro atoms. The average Bonchev–Trinajstić information content (AvgIpc) is 2.42. The summed E-state index contributed by atoms with van der Waals surface area (Å²) in [4.78, 5) is 67.8. The van der Waals surface area contributed by atoms with Crippen LogP contribution in [0.4, 0.5) is 0 Å². The molecule has 1 amide bonds. The summed E-state index contributed by atoms with van der Waals surface area (Å²) >= 11 is 0. The Morgan fingerprint density at radius 2 is 0.625 bits per heavy atom. The molecule has 12 nitrogen and oxygen atoms in total. The molecular formula is C12H7NO11. The molecule has 1 aromatic rings. The van der Waals surface area contributed by atoms with Gasteiger partial charge in [0.15, 0.2) is 0 Å². The summed E-state index contributed by atoms with van der Waals surface area (Å²) in [6.07, 6.45) is 0. The van der Waals surface area contributed by atoms with Gasteiger partial charge in [-0.2, -0.15) is 0 Å². The largest absolute Gasteiger partial charge is 0.478 e. The number of aromatic carboxylic acids is 5. The van der Waals surface area contributed by atoms with Crippen LogP contribution in [0.25, 0.3) is 0 Å². The smallest absolute Gasteiger partial charge is 0.337 e. The van der Waals surface area contributed by atoms with Gasteiger partial charge < -0.3 is 31.3 Å². The van der Waals surface area contributed by atoms with E-state index in [1.54, 1.807) is 0 Å². The highest BCUT2D eigenvalue weighted by atomic mass is 16.4. The molecule has 0 unspecified atom stereocenters. The van der Waals surface area contributed by atoms with Gasteiger partial charge in [-0.1, -0.05) is 0 Å². The highest BCUT2D eigenvalue weighted by molar-refractivity contribution is 6.23. The number of carbonyl (C=O) groups excluding carboxylic acids is 1. The zero-order valence-electron chi connectivity index (χ0n) is 11.3. The number of hydrogen-bond donors (Lipinski definition) is 6. The number of benzene rings is 1. The summed E-state index contributed by atoms with van der Waals surface area (Å²) in [6.45, 7) is 0. The van der Waals surface area contributed by atoms with Gasteiger partial charge in [-0.15, -0.1) is 0 Å². The topological polar surface area (TPSA) is 230 Å². The molecule has 126 valence electrons. The minimum atomic E-state index is -2.22. The van der Waals surface area contributed by atoms with Crippen molar-refractivity contribution in [3.63, 3.8) is 0 Å². The Bertz CT molecular complexity index is 638. The van der Waals surface area contributed by atoms with E-state index in [0.717, 1.165) is 0 Å². The minimum Gasteiger partial charge on any atom is -0.478 e. The zero-order valence-corrected chi connectivity index (χ0v) is 11.3. The van der Waals surface area contributed by atoms with Crippen LogP contribution in [0.2, 0.25) is 0 Å². The van der Waals surface area contributed by atoms with Crippen LogP contribution in [-0.2, 0) is 0 Å². The summed E-state index contributed by atoms with van der Waals surface area (Å²) in [5.74, 6) is -12.7. The van der Waals surface area contributed by atoms with E-state index in [1.165, 1.54) is 0 Å². The Morgan fingerprint density at radius 1 is 0.458 bits per heavy atom. The molecule has 0 atom stereocenters. The van der Waals surface area contributed by atoms with Crippen LogP contribution in [0.3, 0.4) is 0 Å². The van der Waals surface area contributed by atoms with Crippen molar-refractivity contribution in [1.29, 1.82) is 0 Å². The van der Waals surface area contributed by atoms with Gasteiger partial charge in [-0.25, -0.2) is 24.0 Å². The Labute approximate surface area is 130 Å². The predicted octanol–water partition coefficient (Wildman–Crippen LogP) is -0.723. The zero-order chi connectivity index (χ0) is 18.9. The number of rotatable bonds is 6. The molecule has 1 aromatic carbocycles. The second-order valence-corrected chi connectivity index (χ2v) is 4.14. The second-order valence-electron chi connectivity index (χ2n) is 4.14. The number of nitrogens with two attached hydrogens (primary N) is 1. The van der Waals surface area contributed by atoms with Crippen LogP contribution < -0.4 is 5.73 Å². The Balaban J connectivity index is 4.50. The molecule has 0 aliphatic carbocycles. The molecule has 0 radical (unpaired) electrons. The summed E-state index contributed by atoms with van der Waals surface area (Å²) in [6, 6.07) is 0. The second kappa shape index (κ2) is 6.04. The maximum absolute atomic E-state index is 11.4. The highest BCUT2D eigenvalue weighted by Gasteiger charge is 2.39. The van der Waals surface area contributed by atoms with Crippen molar-refractivity contribution < 1.29 is 54.3 Å². The van der Waals surface area contributed by atoms with Gasteiger partial charge in [0.2, 0.25) is 0 Å². The van der Waals surface area contributed by atoms with E-state index < -0.39 is 69.1 Å². The van der Waals surface area contributed by atoms with Crippen LogP contribution in [0.1, 0.15) is 62.1 Å². The normalized spacial score (nSPS) is 10.0. The highest BCUT2D eigenvalue weighted by Crippen LogP contribution is 2.29. The van der Waals surface area contributed by atoms with E-state index in [1.807, 2.05) is 0 Å². The Hall–Kier alpha value is -3.96. The van der Waals surface area contributed by atoms with Crippen molar-refractivity contribution in [2.45, 2.75) is 0 Å². The first-order valence-corrected chi connectivity index (χ1v) is 5.63. The molecule has 0 bridgehead atoms. The van der Waals surface area contributed by atoms with E-state index >= 15 is 0 Å². The van der Waals surface area contributed by atoms with Crippen molar-refractivity contribution in [3.8, 4) is 0 Å². The lowest BCUT2D eigenvalue weighted by Gasteiger charge is -2.16. The van der Waals surface area contributed by atoms with Gasteiger partial charge >= 0.3 is 29.8 Å². The van der Waals surface area contributed by atoms with Crippen LogP contribution >= 0.6 is 0 Å². The molecule has 0 fully saturated rings. The standard InChI is InChI=1S/C12H7NO11/c13-7(14)1-2(8(15)16)4(10(19)20)6(12(23)24)5(11(21)22)3(1)9(17)18/h(H2,13,14)(H,15,16)(H,17,18)(H,19,20)(H,21,22)(H,23,24). The summed E-state index contributed by atoms with van der Waals surface area (Å²) < 4.78 is 0. The Kier molecular flexibility index (Phi) is 4.55. The van der Waals surface area contributed by atoms with Crippen LogP contribution in [-0.4, -0.2) is 61.3 Å². The van der Waals surface area contributed by atoms with Gasteiger partial charge in [0, 0.05) is 0 Å². The lowest BCUT2D eigenvalue weighted by atomic mass is 9.85. The van der Waals surface area contributed by atoms with E-state index in [9.17, 15) is 28.8 Å². The van der Waals surface area contributed by atoms with Crippen molar-refractivity contribution >= 4 is 35.8 Å². The predicted molar refractivity (Wildman–Crippen MR) is 69.8 cm³/mol. The van der Waals surface area contributed by atoms with Gasteiger partial charge in [0.25, 0.3) is 5.91 Å². The van der Waals surface area contributed by atoms with Gasteiger partial charge in [-0.3, -0.25) is 4.79 Å². The van der Waals surface area contributed by atoms with E-state index in [-0.39, 0.29) is 0 Å². The van der Waals surface area contributed by atoms with Crippen LogP contribution in [0, 0.1) is 0 Å². The summed E-state index contributed by atoms with van der Waals surface area (Å²) in [5, 5.41) is 45.4. The maximum Gasteiger partial charge on any atom is 0.337 e. The lowest BCUT2D eigenvalue weighted by molar-refractivity contribution is 0.0606. The molecule has 7 N–H and O–H groups in total. The number of amides is 1. The molecule has 1 rings (SSSR count). The fourth-order valence-electron chi connectivity index (χ4n) is 2.07. The van der Waals surface area contributed by atoms with Crippen LogP contribution in [0.15, 0.2) is 0 Å². The average molecular weight is 341 g/mol. The summed E-state index contributed by atoms with van der Waals surface area (Å²) in [7, 11) is 0. The third kappa shape index (κ3) is 2.70. The molecule has 0 aliphatic heterocycles. The number of hydrogen-bond acceptors (Lipinski definition) is 6. The fraction of sp³-hybridized carbons (Fsp3) is 0. The molecular weight excluding hydrogens is 334 g/mol. The van der Waals surface area contributed by atoms with Crippen molar-refractivity contribution in [2.24, 2.45) is 5.73 Å². The fourth-order valence-corrected chi connectivity index (χ4v) is 2.07. The maximum atomic E-state index is 11.4. The molecule has 24 heavy (non-hydrogen) atoms. The van der Waals surface area contributed by atoms with Gasteiger partial charge in [0.05, 0.1) is 33.4 Å². The third-order valence-electron chi connectivity index (χ3n) is 2.82. The molecule has 0 heterocycles. The SMILES string of the molecule is NC(=O)c1c(C(=O)O)c(C(=O)O)c(C(=O)O)c(C(=O)O)c1C(=O)O. The molecule has 12 heteroatoms. The van der Waals surface area contributed by atoms with Crippen molar-refractivity contribution in [1.82, 2.24) is 0 Å². The first-order chi connectivity index (χ1) is 10.9. The number of carboxylic acid groups (broad SMARTS) is 5. The minimum absolute atomic E-state index is 1.44. The summed E-state index contributed by atoms with van der Waals surface area (Å²) in [5.41, 5.74) is -4.40. The monoisotopic (exact) mass is 341 g/mol. The van der Waals surface area contributed by atoms with Gasteiger partial charge in [-0.05, 0) is 0 Å². The third-order valence-corrected chi connectivity index (χ3v) is 2.82. The van der Waals surface area contributed by atoms with Crippen LogP contribution in [0.5, 0.6) is 0 Å². The van der Waals surface area contributed by atoms with E-state index in [0.29, 0.717) is 0 Å². The molecule has 0 aliphatic rings. The lowest BCUT2D eigenvalue weighted by Crippen LogP contribution is -2.30. The van der Waals surface area contributed by atoms with Crippen molar-refractivity contribution in [3.05, 3.63) is 33.4 Å². The Morgan fingerprint density at radius 3 is 0.750 bits per heavy atom. The number of carbonyl (C=O) groups is 6. The molecule has 0 saturated carbocycles. The van der Waals surface area contributed by atoms with Crippen molar-refractivity contribution in [2.75, 3.05) is 0 Å². The molecule has 0 aromatic heterocycles. The first kappa shape index (κ1) is 18.1. The molecule has 0 saturated heterocycles. The van der Waals surface area contributed by atoms with E-state index in [4.69, 9.17) is 31.3 Å². The van der Waals surface area contributed by atoms with E-state index in [2.05, 4.69) is 0 Å². The number of primary amides is 1. The van der Waals surface area contributed by atoms with Gasteiger partial charge in [0.1, 0.15) is 0 Å². The quantitative estimate of drug-likeness (QED) is 0.377.